The Morgan fingerprint density at radius 1 is 1.03 bits per heavy atom. The van der Waals surface area contributed by atoms with Crippen LogP contribution in [-0.4, -0.2) is 56.5 Å². The molecule has 1 saturated heterocycles. The Balaban J connectivity index is 1.34. The van der Waals surface area contributed by atoms with Gasteiger partial charge in [0, 0.05) is 37.4 Å². The number of ether oxygens (including phenoxy) is 1. The summed E-state index contributed by atoms with van der Waals surface area (Å²) in [6, 6.07) is 12.4. The maximum absolute atomic E-state index is 11.9. The molecule has 1 N–H and O–H groups in total. The van der Waals surface area contributed by atoms with Gasteiger partial charge in [0.1, 0.15) is 0 Å². The van der Waals surface area contributed by atoms with E-state index in [9.17, 15) is 8.42 Å². The van der Waals surface area contributed by atoms with Crippen LogP contribution in [0.4, 0.5) is 5.95 Å². The van der Waals surface area contributed by atoms with Crippen LogP contribution >= 0.6 is 0 Å². The van der Waals surface area contributed by atoms with E-state index in [1.807, 2.05) is 0 Å². The quantitative estimate of drug-likeness (QED) is 0.707. The number of rotatable bonds is 7. The minimum absolute atomic E-state index is 0.0547. The third kappa shape index (κ3) is 6.24. The summed E-state index contributed by atoms with van der Waals surface area (Å²) in [4.78, 5) is 10.8. The molecule has 1 saturated carbocycles. The van der Waals surface area contributed by atoms with Gasteiger partial charge >= 0.3 is 0 Å². The molecule has 0 radical (unpaired) electrons. The van der Waals surface area contributed by atoms with Gasteiger partial charge in [-0.25, -0.2) is 23.1 Å². The molecule has 7 nitrogen and oxygen atoms in total. The van der Waals surface area contributed by atoms with Crippen molar-refractivity contribution in [1.29, 1.82) is 0 Å². The van der Waals surface area contributed by atoms with E-state index in [2.05, 4.69) is 49.9 Å². The summed E-state index contributed by atoms with van der Waals surface area (Å²) < 4.78 is 32.9. The molecule has 1 aromatic heterocycles. The van der Waals surface area contributed by atoms with Crippen molar-refractivity contribution in [2.24, 2.45) is 5.92 Å². The van der Waals surface area contributed by atoms with E-state index in [4.69, 9.17) is 4.74 Å². The molecular formula is C23H32N4O3S. The molecule has 2 atom stereocenters. The first-order chi connectivity index (χ1) is 15.0. The standard InChI is InChI=1S/C23H32N4O3S/c1-31(28,29)26-22-12-15-27(23-24-13-5-14-25-23)16-20(22)17-30-21-10-8-19(9-11-21)18-6-3-2-4-7-18/h2-7,13-14,19-22,26H,8-12,15-17H2,1H3/t19-,20-,21+,22-/m0/s1. The summed E-state index contributed by atoms with van der Waals surface area (Å²) in [5, 5.41) is 0. The molecule has 0 bridgehead atoms. The third-order valence-electron chi connectivity index (χ3n) is 6.43. The zero-order valence-electron chi connectivity index (χ0n) is 18.1. The van der Waals surface area contributed by atoms with Crippen LogP contribution in [0.15, 0.2) is 48.8 Å². The Kier molecular flexibility index (Phi) is 7.20. The van der Waals surface area contributed by atoms with Crippen molar-refractivity contribution in [3.8, 4) is 0 Å². The zero-order valence-corrected chi connectivity index (χ0v) is 18.9. The summed E-state index contributed by atoms with van der Waals surface area (Å²) in [6.45, 7) is 1.93. The third-order valence-corrected chi connectivity index (χ3v) is 7.16. The molecule has 1 aromatic carbocycles. The van der Waals surface area contributed by atoms with Crippen LogP contribution in [0.3, 0.4) is 0 Å². The molecule has 0 amide bonds. The Morgan fingerprint density at radius 2 is 1.74 bits per heavy atom. The number of benzene rings is 1. The van der Waals surface area contributed by atoms with Gasteiger partial charge in [-0.3, -0.25) is 0 Å². The van der Waals surface area contributed by atoms with Gasteiger partial charge in [-0.2, -0.15) is 0 Å². The number of anilines is 1. The Hall–Kier alpha value is -2.03. The van der Waals surface area contributed by atoms with Crippen molar-refractivity contribution < 1.29 is 13.2 Å². The number of hydrogen-bond donors (Lipinski definition) is 1. The second-order valence-corrected chi connectivity index (χ2v) is 10.5. The minimum atomic E-state index is -3.28. The molecule has 2 fully saturated rings. The fraction of sp³-hybridized carbons (Fsp3) is 0.565. The van der Waals surface area contributed by atoms with Crippen LogP contribution in [0.1, 0.15) is 43.6 Å². The van der Waals surface area contributed by atoms with E-state index >= 15 is 0 Å². The normalized spacial score (nSPS) is 27.2. The first kappa shape index (κ1) is 22.2. The molecule has 0 spiro atoms. The molecule has 2 aromatic rings. The predicted octanol–water partition coefficient (Wildman–Crippen LogP) is 2.96. The largest absolute Gasteiger partial charge is 0.378 e. The number of sulfonamides is 1. The highest BCUT2D eigenvalue weighted by Gasteiger charge is 2.33. The number of piperidine rings is 1. The molecule has 4 rings (SSSR count). The molecule has 31 heavy (non-hydrogen) atoms. The highest BCUT2D eigenvalue weighted by atomic mass is 32.2. The van der Waals surface area contributed by atoms with Crippen LogP contribution in [0.2, 0.25) is 0 Å². The summed E-state index contributed by atoms with van der Waals surface area (Å²) in [5.41, 5.74) is 1.42. The fourth-order valence-electron chi connectivity index (χ4n) is 4.82. The molecular weight excluding hydrogens is 412 g/mol. The van der Waals surface area contributed by atoms with Gasteiger partial charge in [-0.1, -0.05) is 30.3 Å². The molecule has 0 unspecified atom stereocenters. The monoisotopic (exact) mass is 444 g/mol. The lowest BCUT2D eigenvalue weighted by atomic mass is 9.82. The summed E-state index contributed by atoms with van der Waals surface area (Å²) in [5.74, 6) is 1.36. The minimum Gasteiger partial charge on any atom is -0.378 e. The van der Waals surface area contributed by atoms with Gasteiger partial charge in [0.15, 0.2) is 0 Å². The molecule has 168 valence electrons. The van der Waals surface area contributed by atoms with Gasteiger partial charge in [0.25, 0.3) is 0 Å². The van der Waals surface area contributed by atoms with E-state index < -0.39 is 10.0 Å². The highest BCUT2D eigenvalue weighted by molar-refractivity contribution is 7.88. The van der Waals surface area contributed by atoms with E-state index in [0.717, 1.165) is 32.2 Å². The van der Waals surface area contributed by atoms with Crippen molar-refractivity contribution in [2.45, 2.75) is 50.2 Å². The average Bonchev–Trinajstić information content (AvgIpc) is 2.79. The lowest BCUT2D eigenvalue weighted by molar-refractivity contribution is -0.00217. The lowest BCUT2D eigenvalue weighted by Gasteiger charge is -2.39. The maximum atomic E-state index is 11.9. The van der Waals surface area contributed by atoms with Crippen LogP contribution < -0.4 is 9.62 Å². The van der Waals surface area contributed by atoms with Gasteiger partial charge in [-0.05, 0) is 49.7 Å². The zero-order chi connectivity index (χ0) is 21.7. The topological polar surface area (TPSA) is 84.4 Å². The Labute approximate surface area is 185 Å². The van der Waals surface area contributed by atoms with Crippen LogP contribution in [0, 0.1) is 5.92 Å². The number of nitrogens with one attached hydrogen (secondary N) is 1. The second-order valence-electron chi connectivity index (χ2n) is 8.76. The second kappa shape index (κ2) is 10.1. The van der Waals surface area contributed by atoms with Crippen molar-refractivity contribution >= 4 is 16.0 Å². The Morgan fingerprint density at radius 3 is 2.42 bits per heavy atom. The van der Waals surface area contributed by atoms with Crippen LogP contribution in [0.25, 0.3) is 0 Å². The van der Waals surface area contributed by atoms with Crippen LogP contribution in [-0.2, 0) is 14.8 Å². The van der Waals surface area contributed by atoms with E-state index in [-0.39, 0.29) is 18.1 Å². The van der Waals surface area contributed by atoms with Gasteiger partial charge < -0.3 is 9.64 Å². The van der Waals surface area contributed by atoms with E-state index in [1.54, 1.807) is 18.5 Å². The lowest BCUT2D eigenvalue weighted by Crippen LogP contribution is -2.53. The first-order valence-electron chi connectivity index (χ1n) is 11.1. The molecule has 1 aliphatic carbocycles. The molecule has 8 heteroatoms. The predicted molar refractivity (Wildman–Crippen MR) is 122 cm³/mol. The summed E-state index contributed by atoms with van der Waals surface area (Å²) in [7, 11) is -3.28. The van der Waals surface area contributed by atoms with Gasteiger partial charge in [0.2, 0.25) is 16.0 Å². The SMILES string of the molecule is CS(=O)(=O)N[C@H]1CCN(c2ncccn2)C[C@H]1CO[C@H]1CC[C@@H](c2ccccc2)CC1. The van der Waals surface area contributed by atoms with Crippen molar-refractivity contribution in [3.05, 3.63) is 54.4 Å². The van der Waals surface area contributed by atoms with Crippen molar-refractivity contribution in [3.63, 3.8) is 0 Å². The van der Waals surface area contributed by atoms with Crippen molar-refractivity contribution in [1.82, 2.24) is 14.7 Å². The highest BCUT2D eigenvalue weighted by Crippen LogP contribution is 2.34. The summed E-state index contributed by atoms with van der Waals surface area (Å²) >= 11 is 0. The Bertz CT molecular complexity index is 918. The molecule has 2 aliphatic rings. The molecule has 1 aliphatic heterocycles. The number of nitrogens with zero attached hydrogens (tertiary/aromatic N) is 3. The maximum Gasteiger partial charge on any atom is 0.225 e. The van der Waals surface area contributed by atoms with Crippen LogP contribution in [0.5, 0.6) is 0 Å². The van der Waals surface area contributed by atoms with Crippen molar-refractivity contribution in [2.75, 3.05) is 30.9 Å². The fourth-order valence-corrected chi connectivity index (χ4v) is 5.68. The summed E-state index contributed by atoms with van der Waals surface area (Å²) in [6.07, 6.45) is 10.00. The van der Waals surface area contributed by atoms with E-state index in [0.29, 0.717) is 31.4 Å². The molecule has 2 heterocycles. The van der Waals surface area contributed by atoms with Gasteiger partial charge in [-0.15, -0.1) is 0 Å². The van der Waals surface area contributed by atoms with Gasteiger partial charge in [0.05, 0.1) is 19.0 Å². The first-order valence-corrected chi connectivity index (χ1v) is 13.0. The number of hydrogen-bond acceptors (Lipinski definition) is 6. The smallest absolute Gasteiger partial charge is 0.225 e. The number of aromatic nitrogens is 2. The van der Waals surface area contributed by atoms with E-state index in [1.165, 1.54) is 11.8 Å². The average molecular weight is 445 g/mol.